The molecule has 3 aromatic rings. The molecule has 0 fully saturated rings. The molecule has 21 heavy (non-hydrogen) atoms. The van der Waals surface area contributed by atoms with E-state index in [1.807, 2.05) is 50.0 Å². The summed E-state index contributed by atoms with van der Waals surface area (Å²) < 4.78 is 1.82. The van der Waals surface area contributed by atoms with E-state index < -0.39 is 0 Å². The number of hydrogen-bond acceptors (Lipinski definition) is 3. The number of benzene rings is 1. The molecule has 108 valence electrons. The Bertz CT molecular complexity index is 807. The van der Waals surface area contributed by atoms with Gasteiger partial charge in [-0.15, -0.1) is 0 Å². The van der Waals surface area contributed by atoms with Crippen LogP contribution in [0.1, 0.15) is 16.8 Å². The van der Waals surface area contributed by atoms with Crippen LogP contribution in [0, 0.1) is 13.8 Å². The van der Waals surface area contributed by atoms with E-state index in [1.165, 1.54) is 0 Å². The van der Waals surface area contributed by atoms with Gasteiger partial charge in [-0.3, -0.25) is 9.67 Å². The molecule has 0 saturated carbocycles. The van der Waals surface area contributed by atoms with Gasteiger partial charge in [-0.05, 0) is 37.6 Å². The van der Waals surface area contributed by atoms with Gasteiger partial charge in [0.25, 0.3) is 0 Å². The summed E-state index contributed by atoms with van der Waals surface area (Å²) in [6, 6.07) is 5.92. The first-order valence-corrected chi connectivity index (χ1v) is 7.21. The van der Waals surface area contributed by atoms with Crippen LogP contribution in [0.4, 0.5) is 5.69 Å². The Morgan fingerprint density at radius 2 is 2.14 bits per heavy atom. The second kappa shape index (κ2) is 5.37. The number of nitrogens with one attached hydrogen (secondary N) is 1. The van der Waals surface area contributed by atoms with E-state index in [-0.39, 0.29) is 0 Å². The fraction of sp³-hybridized carbons (Fsp3) is 0.250. The summed E-state index contributed by atoms with van der Waals surface area (Å²) in [5.74, 6) is 0. The van der Waals surface area contributed by atoms with E-state index in [1.54, 1.807) is 6.20 Å². The third kappa shape index (κ3) is 2.59. The molecular formula is C16H17ClN4. The molecule has 0 aliphatic heterocycles. The van der Waals surface area contributed by atoms with E-state index in [0.717, 1.165) is 38.4 Å². The number of hydrogen-bond donors (Lipinski definition) is 1. The maximum absolute atomic E-state index is 6.41. The number of nitrogens with zero attached hydrogens (tertiary/aromatic N) is 3. The maximum Gasteiger partial charge on any atom is 0.0752 e. The summed E-state index contributed by atoms with van der Waals surface area (Å²) in [6.45, 7) is 4.72. The minimum Gasteiger partial charge on any atom is -0.379 e. The second-order valence-corrected chi connectivity index (χ2v) is 5.62. The third-order valence-corrected chi connectivity index (χ3v) is 3.90. The molecule has 1 N–H and O–H groups in total. The average molecular weight is 301 g/mol. The van der Waals surface area contributed by atoms with Crippen molar-refractivity contribution in [2.24, 2.45) is 7.05 Å². The average Bonchev–Trinajstić information content (AvgIpc) is 2.77. The monoisotopic (exact) mass is 300 g/mol. The molecule has 0 spiro atoms. The van der Waals surface area contributed by atoms with Crippen molar-refractivity contribution in [1.29, 1.82) is 0 Å². The SMILES string of the molecule is Cc1nn(C)cc1CNc1c(Cl)cc(C)c2ncccc12. The minimum atomic E-state index is 0.687. The van der Waals surface area contributed by atoms with E-state index in [9.17, 15) is 0 Å². The first-order valence-electron chi connectivity index (χ1n) is 6.83. The molecule has 0 radical (unpaired) electrons. The summed E-state index contributed by atoms with van der Waals surface area (Å²) in [5.41, 5.74) is 5.17. The first kappa shape index (κ1) is 13.9. The van der Waals surface area contributed by atoms with E-state index in [0.29, 0.717) is 6.54 Å². The van der Waals surface area contributed by atoms with Crippen molar-refractivity contribution >= 4 is 28.2 Å². The third-order valence-electron chi connectivity index (χ3n) is 3.60. The number of pyridine rings is 1. The van der Waals surface area contributed by atoms with Gasteiger partial charge in [-0.1, -0.05) is 11.6 Å². The molecule has 3 rings (SSSR count). The molecule has 0 aliphatic rings. The lowest BCUT2D eigenvalue weighted by molar-refractivity contribution is 0.756. The highest BCUT2D eigenvalue weighted by Gasteiger charge is 2.10. The van der Waals surface area contributed by atoms with Gasteiger partial charge in [-0.25, -0.2) is 0 Å². The largest absolute Gasteiger partial charge is 0.379 e. The van der Waals surface area contributed by atoms with Gasteiger partial charge in [0.2, 0.25) is 0 Å². The van der Waals surface area contributed by atoms with Crippen molar-refractivity contribution in [3.05, 3.63) is 52.4 Å². The molecule has 2 aromatic heterocycles. The summed E-state index contributed by atoms with van der Waals surface area (Å²) in [4.78, 5) is 4.44. The fourth-order valence-electron chi connectivity index (χ4n) is 2.57. The highest BCUT2D eigenvalue weighted by Crippen LogP contribution is 2.33. The van der Waals surface area contributed by atoms with Crippen molar-refractivity contribution in [2.75, 3.05) is 5.32 Å². The van der Waals surface area contributed by atoms with Crippen molar-refractivity contribution in [3.63, 3.8) is 0 Å². The normalized spacial score (nSPS) is 11.0. The van der Waals surface area contributed by atoms with E-state index >= 15 is 0 Å². The lowest BCUT2D eigenvalue weighted by Gasteiger charge is -2.13. The zero-order valence-electron chi connectivity index (χ0n) is 12.3. The second-order valence-electron chi connectivity index (χ2n) is 5.22. The van der Waals surface area contributed by atoms with Gasteiger partial charge in [0.1, 0.15) is 0 Å². The topological polar surface area (TPSA) is 42.7 Å². The molecule has 4 nitrogen and oxygen atoms in total. The molecule has 0 amide bonds. The molecular weight excluding hydrogens is 284 g/mol. The Hall–Kier alpha value is -2.07. The molecule has 5 heteroatoms. The standard InChI is InChI=1S/C16H17ClN4/c1-10-7-14(17)16(13-5-4-6-18-15(10)13)19-8-12-9-21(3)20-11(12)2/h4-7,9,19H,8H2,1-3H3. The molecule has 0 unspecified atom stereocenters. The van der Waals surface area contributed by atoms with Gasteiger partial charge < -0.3 is 5.32 Å². The summed E-state index contributed by atoms with van der Waals surface area (Å²) >= 11 is 6.41. The van der Waals surface area contributed by atoms with Crippen LogP contribution in [0.5, 0.6) is 0 Å². The number of fused-ring (bicyclic) bond motifs is 1. The van der Waals surface area contributed by atoms with Crippen LogP contribution in [0.25, 0.3) is 10.9 Å². The van der Waals surface area contributed by atoms with Crippen LogP contribution in [-0.4, -0.2) is 14.8 Å². The lowest BCUT2D eigenvalue weighted by atomic mass is 10.1. The van der Waals surface area contributed by atoms with Gasteiger partial charge >= 0.3 is 0 Å². The number of anilines is 1. The molecule has 0 bridgehead atoms. The Morgan fingerprint density at radius 3 is 2.86 bits per heavy atom. The van der Waals surface area contributed by atoms with Crippen LogP contribution in [0.15, 0.2) is 30.6 Å². The molecule has 0 saturated heterocycles. The Labute approximate surface area is 128 Å². The van der Waals surface area contributed by atoms with E-state index in [2.05, 4.69) is 15.4 Å². The number of aryl methyl sites for hydroxylation is 3. The molecule has 0 aliphatic carbocycles. The van der Waals surface area contributed by atoms with Crippen LogP contribution in [0.3, 0.4) is 0 Å². The Balaban J connectivity index is 1.99. The van der Waals surface area contributed by atoms with E-state index in [4.69, 9.17) is 11.6 Å². The zero-order valence-corrected chi connectivity index (χ0v) is 13.1. The van der Waals surface area contributed by atoms with Gasteiger partial charge in [0, 0.05) is 36.9 Å². The highest BCUT2D eigenvalue weighted by atomic mass is 35.5. The summed E-state index contributed by atoms with van der Waals surface area (Å²) in [7, 11) is 1.93. The Morgan fingerprint density at radius 1 is 1.33 bits per heavy atom. The van der Waals surface area contributed by atoms with Crippen molar-refractivity contribution in [2.45, 2.75) is 20.4 Å². The summed E-state index contributed by atoms with van der Waals surface area (Å²) in [5, 5.41) is 9.54. The number of halogens is 1. The molecule has 2 heterocycles. The van der Waals surface area contributed by atoms with Crippen LogP contribution >= 0.6 is 11.6 Å². The van der Waals surface area contributed by atoms with Crippen LogP contribution in [-0.2, 0) is 13.6 Å². The van der Waals surface area contributed by atoms with Crippen LogP contribution in [0.2, 0.25) is 5.02 Å². The van der Waals surface area contributed by atoms with Crippen molar-refractivity contribution in [1.82, 2.24) is 14.8 Å². The minimum absolute atomic E-state index is 0.687. The molecule has 1 aromatic carbocycles. The van der Waals surface area contributed by atoms with Crippen molar-refractivity contribution < 1.29 is 0 Å². The predicted molar refractivity (Wildman–Crippen MR) is 86.8 cm³/mol. The van der Waals surface area contributed by atoms with Gasteiger partial charge in [-0.2, -0.15) is 5.10 Å². The Kier molecular flexibility index (Phi) is 3.55. The maximum atomic E-state index is 6.41. The van der Waals surface area contributed by atoms with Gasteiger partial charge in [0.05, 0.1) is 21.9 Å². The lowest BCUT2D eigenvalue weighted by Crippen LogP contribution is -2.02. The fourth-order valence-corrected chi connectivity index (χ4v) is 2.90. The summed E-state index contributed by atoms with van der Waals surface area (Å²) in [6.07, 6.45) is 3.82. The smallest absolute Gasteiger partial charge is 0.0752 e. The first-order chi connectivity index (χ1) is 10.1. The predicted octanol–water partition coefficient (Wildman–Crippen LogP) is 3.85. The highest BCUT2D eigenvalue weighted by molar-refractivity contribution is 6.35. The number of aromatic nitrogens is 3. The zero-order chi connectivity index (χ0) is 15.0. The number of rotatable bonds is 3. The quantitative estimate of drug-likeness (QED) is 0.799. The molecule has 0 atom stereocenters. The van der Waals surface area contributed by atoms with Gasteiger partial charge in [0.15, 0.2) is 0 Å². The van der Waals surface area contributed by atoms with Crippen LogP contribution < -0.4 is 5.32 Å². The van der Waals surface area contributed by atoms with Crippen molar-refractivity contribution in [3.8, 4) is 0 Å².